The average Bonchev–Trinajstić information content (AvgIpc) is 3.24. The zero-order valence-corrected chi connectivity index (χ0v) is 18.2. The van der Waals surface area contributed by atoms with Gasteiger partial charge < -0.3 is 25.4 Å². The predicted molar refractivity (Wildman–Crippen MR) is 118 cm³/mol. The van der Waals surface area contributed by atoms with Crippen LogP contribution in [0.2, 0.25) is 5.02 Å². The van der Waals surface area contributed by atoms with Crippen molar-refractivity contribution >= 4 is 40.1 Å². The number of ether oxygens (including phenoxy) is 2. The van der Waals surface area contributed by atoms with Crippen LogP contribution in [0.4, 0.5) is 19.3 Å². The van der Waals surface area contributed by atoms with E-state index in [1.807, 2.05) is 0 Å². The van der Waals surface area contributed by atoms with Crippen molar-refractivity contribution in [1.82, 2.24) is 9.88 Å². The number of halogens is 3. The normalized spacial score (nSPS) is 15.5. The fourth-order valence-electron chi connectivity index (χ4n) is 3.52. The monoisotopic (exact) mass is 476 g/mol. The minimum atomic E-state index is -1.08. The van der Waals surface area contributed by atoms with Crippen molar-refractivity contribution in [3.8, 4) is 17.2 Å². The van der Waals surface area contributed by atoms with Crippen LogP contribution in [-0.4, -0.2) is 48.2 Å². The number of methoxy groups -OCH3 is 1. The number of pyridine rings is 1. The summed E-state index contributed by atoms with van der Waals surface area (Å²) in [6.07, 6.45) is 0.624. The highest BCUT2D eigenvalue weighted by Crippen LogP contribution is 2.37. The lowest BCUT2D eigenvalue weighted by molar-refractivity contribution is 0.0997. The first kappa shape index (κ1) is 22.5. The van der Waals surface area contributed by atoms with Crippen molar-refractivity contribution < 1.29 is 27.8 Å². The third-order valence-electron chi connectivity index (χ3n) is 5.21. The van der Waals surface area contributed by atoms with Gasteiger partial charge in [-0.15, -0.1) is 0 Å². The quantitative estimate of drug-likeness (QED) is 0.563. The number of nitrogens with one attached hydrogen (secondary N) is 1. The molecule has 11 heteroatoms. The predicted octanol–water partition coefficient (Wildman–Crippen LogP) is 4.50. The Kier molecular flexibility index (Phi) is 6.19. The summed E-state index contributed by atoms with van der Waals surface area (Å²) in [7, 11) is 1.39. The molecule has 0 aliphatic carbocycles. The number of nitrogens with zero attached hydrogens (tertiary/aromatic N) is 2. The number of likely N-dealkylation sites (tertiary alicyclic amines) is 1. The van der Waals surface area contributed by atoms with Crippen molar-refractivity contribution in [2.24, 2.45) is 5.73 Å². The highest BCUT2D eigenvalue weighted by Gasteiger charge is 2.27. The van der Waals surface area contributed by atoms with E-state index in [0.29, 0.717) is 10.9 Å². The first-order chi connectivity index (χ1) is 15.8. The fourth-order valence-corrected chi connectivity index (χ4v) is 3.72. The van der Waals surface area contributed by atoms with Gasteiger partial charge in [0.15, 0.2) is 11.6 Å². The maximum absolute atomic E-state index is 15.0. The lowest BCUT2D eigenvalue weighted by Gasteiger charge is -2.18. The molecular weight excluding hydrogens is 458 g/mol. The second kappa shape index (κ2) is 9.07. The zero-order valence-electron chi connectivity index (χ0n) is 17.4. The SMILES string of the molecule is COc1cc2nccc(Oc3ccc(NC(=O)N4CC[C@H](F)C4)c(Cl)c3F)c2cc1C(N)=O. The molecule has 2 heterocycles. The molecule has 3 aromatic rings. The minimum Gasteiger partial charge on any atom is -0.496 e. The lowest BCUT2D eigenvalue weighted by atomic mass is 10.1. The van der Waals surface area contributed by atoms with E-state index >= 15 is 0 Å². The van der Waals surface area contributed by atoms with Crippen molar-refractivity contribution in [3.05, 3.63) is 52.9 Å². The number of rotatable bonds is 5. The molecule has 0 spiro atoms. The first-order valence-corrected chi connectivity index (χ1v) is 10.3. The summed E-state index contributed by atoms with van der Waals surface area (Å²) >= 11 is 6.12. The van der Waals surface area contributed by atoms with Gasteiger partial charge in [-0.05, 0) is 30.7 Å². The number of hydrogen-bond donors (Lipinski definition) is 2. The molecule has 4 rings (SSSR count). The molecule has 1 atom stereocenters. The number of carbonyl (C=O) groups excluding carboxylic acids is 2. The molecule has 0 saturated carbocycles. The molecule has 0 radical (unpaired) electrons. The molecule has 0 bridgehead atoms. The van der Waals surface area contributed by atoms with E-state index in [0.717, 1.165) is 0 Å². The molecule has 8 nitrogen and oxygen atoms in total. The van der Waals surface area contributed by atoms with E-state index in [1.165, 1.54) is 48.5 Å². The molecule has 172 valence electrons. The number of alkyl halides is 1. The van der Waals surface area contributed by atoms with E-state index in [2.05, 4.69) is 10.3 Å². The largest absolute Gasteiger partial charge is 0.496 e. The van der Waals surface area contributed by atoms with Gasteiger partial charge in [-0.2, -0.15) is 0 Å². The van der Waals surface area contributed by atoms with Gasteiger partial charge in [0.05, 0.1) is 30.4 Å². The molecule has 3 amide bonds. The third-order valence-corrected chi connectivity index (χ3v) is 5.58. The topological polar surface area (TPSA) is 107 Å². The number of fused-ring (bicyclic) bond motifs is 1. The molecule has 2 aromatic carbocycles. The fraction of sp³-hybridized carbons (Fsp3) is 0.227. The van der Waals surface area contributed by atoms with E-state index < -0.39 is 23.9 Å². The molecule has 1 aromatic heterocycles. The summed E-state index contributed by atoms with van der Waals surface area (Å²) < 4.78 is 39.2. The van der Waals surface area contributed by atoms with Gasteiger partial charge in [0.1, 0.15) is 22.7 Å². The number of amides is 3. The van der Waals surface area contributed by atoms with Crippen LogP contribution in [-0.2, 0) is 0 Å². The molecule has 0 unspecified atom stereocenters. The highest BCUT2D eigenvalue weighted by atomic mass is 35.5. The van der Waals surface area contributed by atoms with Crippen LogP contribution in [0.3, 0.4) is 0 Å². The van der Waals surface area contributed by atoms with Gasteiger partial charge in [-0.25, -0.2) is 13.6 Å². The van der Waals surface area contributed by atoms with Gasteiger partial charge in [0, 0.05) is 24.2 Å². The Bertz CT molecular complexity index is 1260. The molecule has 1 fully saturated rings. The Hall–Kier alpha value is -3.66. The van der Waals surface area contributed by atoms with Crippen LogP contribution in [0.25, 0.3) is 10.9 Å². The van der Waals surface area contributed by atoms with Gasteiger partial charge in [-0.1, -0.05) is 11.6 Å². The second-order valence-electron chi connectivity index (χ2n) is 7.35. The van der Waals surface area contributed by atoms with E-state index in [9.17, 15) is 18.4 Å². The smallest absolute Gasteiger partial charge is 0.321 e. The van der Waals surface area contributed by atoms with Gasteiger partial charge >= 0.3 is 6.03 Å². The summed E-state index contributed by atoms with van der Waals surface area (Å²) in [6.45, 7) is 0.238. The summed E-state index contributed by atoms with van der Waals surface area (Å²) in [5, 5.41) is 2.52. The number of primary amides is 1. The number of aromatic nitrogens is 1. The molecule has 1 saturated heterocycles. The Morgan fingerprint density at radius 3 is 2.70 bits per heavy atom. The molecule has 1 aliphatic heterocycles. The standard InChI is InChI=1S/C22H19ClF2N4O4/c1-32-18-9-15-12(8-13(18)21(26)30)16(4-6-27-15)33-17-3-2-14(19(23)20(17)25)28-22(31)29-7-5-11(24)10-29/h2-4,6,8-9,11H,5,7,10H2,1H3,(H2,26,30)(H,28,31)/t11-/m0/s1. The van der Waals surface area contributed by atoms with Crippen molar-refractivity contribution in [2.75, 3.05) is 25.5 Å². The van der Waals surface area contributed by atoms with Gasteiger partial charge in [0.2, 0.25) is 0 Å². The average molecular weight is 477 g/mol. The Morgan fingerprint density at radius 1 is 1.24 bits per heavy atom. The van der Waals surface area contributed by atoms with Crippen molar-refractivity contribution in [2.45, 2.75) is 12.6 Å². The number of hydrogen-bond acceptors (Lipinski definition) is 5. The Balaban J connectivity index is 1.63. The first-order valence-electron chi connectivity index (χ1n) is 9.91. The van der Waals surface area contributed by atoms with Crippen LogP contribution >= 0.6 is 11.6 Å². The maximum atomic E-state index is 15.0. The highest BCUT2D eigenvalue weighted by molar-refractivity contribution is 6.34. The number of anilines is 1. The van der Waals surface area contributed by atoms with Crippen LogP contribution in [0.5, 0.6) is 17.2 Å². The van der Waals surface area contributed by atoms with Crippen LogP contribution < -0.4 is 20.5 Å². The van der Waals surface area contributed by atoms with Crippen molar-refractivity contribution in [1.29, 1.82) is 0 Å². The van der Waals surface area contributed by atoms with Crippen molar-refractivity contribution in [3.63, 3.8) is 0 Å². The Morgan fingerprint density at radius 2 is 2.03 bits per heavy atom. The maximum Gasteiger partial charge on any atom is 0.321 e. The van der Waals surface area contributed by atoms with E-state index in [-0.39, 0.29) is 53.0 Å². The number of benzene rings is 2. The lowest BCUT2D eigenvalue weighted by Crippen LogP contribution is -2.33. The molecule has 1 aliphatic rings. The van der Waals surface area contributed by atoms with Crippen LogP contribution in [0.1, 0.15) is 16.8 Å². The summed E-state index contributed by atoms with van der Waals surface area (Å²) in [6, 6.07) is 6.56. The van der Waals surface area contributed by atoms with E-state index in [4.69, 9.17) is 26.8 Å². The zero-order chi connectivity index (χ0) is 23.7. The summed E-state index contributed by atoms with van der Waals surface area (Å²) in [5.74, 6) is -1.40. The molecular formula is C22H19ClF2N4O4. The number of nitrogens with two attached hydrogens (primary N) is 1. The summed E-state index contributed by atoms with van der Waals surface area (Å²) in [5.41, 5.74) is 5.98. The molecule has 3 N–H and O–H groups in total. The summed E-state index contributed by atoms with van der Waals surface area (Å²) in [4.78, 5) is 29.5. The Labute approximate surface area is 192 Å². The van der Waals surface area contributed by atoms with Crippen LogP contribution in [0, 0.1) is 5.82 Å². The number of urea groups is 1. The third kappa shape index (κ3) is 4.47. The van der Waals surface area contributed by atoms with Crippen LogP contribution in [0.15, 0.2) is 36.5 Å². The van der Waals surface area contributed by atoms with Gasteiger partial charge in [-0.3, -0.25) is 9.78 Å². The minimum absolute atomic E-state index is 0.0224. The molecule has 33 heavy (non-hydrogen) atoms. The second-order valence-corrected chi connectivity index (χ2v) is 7.72. The van der Waals surface area contributed by atoms with Gasteiger partial charge in [0.25, 0.3) is 5.91 Å². The number of carbonyl (C=O) groups is 2. The van der Waals surface area contributed by atoms with E-state index in [1.54, 1.807) is 0 Å².